The monoisotopic (exact) mass is 646 g/mol. The van der Waals surface area contributed by atoms with Crippen LogP contribution in [0.25, 0.3) is 43.1 Å². The third-order valence-electron chi connectivity index (χ3n) is 9.81. The maximum Gasteiger partial charge on any atom is 0.105 e. The van der Waals surface area contributed by atoms with Crippen molar-refractivity contribution in [3.8, 4) is 0 Å². The van der Waals surface area contributed by atoms with Gasteiger partial charge in [-0.3, -0.25) is 0 Å². The predicted octanol–water partition coefficient (Wildman–Crippen LogP) is 13.9. The summed E-state index contributed by atoms with van der Waals surface area (Å²) in [5.41, 5.74) is 7.18. The predicted molar refractivity (Wildman–Crippen MR) is 213 cm³/mol. The number of rotatable bonds is 6. The van der Waals surface area contributed by atoms with Gasteiger partial charge in [-0.1, -0.05) is 145 Å². The van der Waals surface area contributed by atoms with Crippen molar-refractivity contribution in [1.29, 1.82) is 0 Å². The summed E-state index contributed by atoms with van der Waals surface area (Å²) in [4.78, 5) is 4.96. The molecule has 9 aromatic rings. The highest BCUT2D eigenvalue weighted by Crippen LogP contribution is 2.53. The van der Waals surface area contributed by atoms with Gasteiger partial charge in [-0.2, -0.15) is 0 Å². The van der Waals surface area contributed by atoms with Gasteiger partial charge in [0.15, 0.2) is 0 Å². The molecule has 1 aromatic heterocycles. The summed E-state index contributed by atoms with van der Waals surface area (Å²) in [6.45, 7) is 4.57. The number of benzene rings is 8. The summed E-state index contributed by atoms with van der Waals surface area (Å²) < 4.78 is 0. The van der Waals surface area contributed by atoms with Crippen molar-refractivity contribution in [2.75, 3.05) is 9.80 Å². The fraction of sp³-hybridized carbons (Fsp3) is 0.0435. The Hall–Kier alpha value is -5.90. The van der Waals surface area contributed by atoms with Gasteiger partial charge in [0.2, 0.25) is 0 Å². The highest BCUT2D eigenvalue weighted by Gasteiger charge is 2.27. The van der Waals surface area contributed by atoms with Crippen LogP contribution >= 0.6 is 11.3 Å². The number of anilines is 6. The summed E-state index contributed by atoms with van der Waals surface area (Å²) in [7, 11) is 0. The van der Waals surface area contributed by atoms with Crippen LogP contribution in [0.1, 0.15) is 11.1 Å². The Labute approximate surface area is 290 Å². The summed E-state index contributed by atoms with van der Waals surface area (Å²) >= 11 is 1.86. The summed E-state index contributed by atoms with van der Waals surface area (Å²) in [5.74, 6) is 0. The van der Waals surface area contributed by atoms with Crippen molar-refractivity contribution in [2.45, 2.75) is 13.8 Å². The van der Waals surface area contributed by atoms with Gasteiger partial charge in [-0.05, 0) is 93.7 Å². The average Bonchev–Trinajstić information content (AvgIpc) is 3.45. The minimum absolute atomic E-state index is 1.14. The molecule has 0 fully saturated rings. The number of fused-ring (bicyclic) bond motifs is 6. The molecular formula is C46H34N2S. The SMILES string of the molecule is Cc1c(N(c2ccccc2)c2cc3ccccc3c3ccccc23)sc(N(c2ccccc2)c2cc3ccccc3c3ccccc23)c1C. The van der Waals surface area contributed by atoms with E-state index in [-0.39, 0.29) is 0 Å². The van der Waals surface area contributed by atoms with Gasteiger partial charge < -0.3 is 9.80 Å². The third-order valence-corrected chi connectivity index (χ3v) is 11.2. The van der Waals surface area contributed by atoms with Crippen molar-refractivity contribution in [3.05, 3.63) is 181 Å². The van der Waals surface area contributed by atoms with Crippen LogP contribution in [0.5, 0.6) is 0 Å². The number of para-hydroxylation sites is 2. The van der Waals surface area contributed by atoms with Crippen LogP contribution in [0, 0.1) is 13.8 Å². The van der Waals surface area contributed by atoms with Crippen molar-refractivity contribution in [1.82, 2.24) is 0 Å². The summed E-state index contributed by atoms with van der Waals surface area (Å²) in [6, 6.07) is 61.5. The van der Waals surface area contributed by atoms with E-state index in [0.29, 0.717) is 0 Å². The minimum atomic E-state index is 1.14. The van der Waals surface area contributed by atoms with E-state index in [4.69, 9.17) is 0 Å². The Bertz CT molecular complexity index is 2460. The molecule has 0 radical (unpaired) electrons. The van der Waals surface area contributed by atoms with Gasteiger partial charge in [0, 0.05) is 22.1 Å². The van der Waals surface area contributed by atoms with Crippen LogP contribution < -0.4 is 9.80 Å². The van der Waals surface area contributed by atoms with E-state index in [9.17, 15) is 0 Å². The smallest absolute Gasteiger partial charge is 0.105 e. The van der Waals surface area contributed by atoms with E-state index in [1.807, 2.05) is 11.3 Å². The van der Waals surface area contributed by atoms with Crippen LogP contribution in [-0.2, 0) is 0 Å². The van der Waals surface area contributed by atoms with Crippen LogP contribution in [-0.4, -0.2) is 0 Å². The first kappa shape index (κ1) is 29.3. The Morgan fingerprint density at radius 1 is 0.347 bits per heavy atom. The maximum atomic E-state index is 2.48. The van der Waals surface area contributed by atoms with Gasteiger partial charge in [-0.25, -0.2) is 0 Å². The summed E-state index contributed by atoms with van der Waals surface area (Å²) in [5, 5.41) is 12.4. The van der Waals surface area contributed by atoms with Gasteiger partial charge in [-0.15, -0.1) is 0 Å². The molecule has 0 amide bonds. The molecule has 49 heavy (non-hydrogen) atoms. The zero-order chi connectivity index (χ0) is 32.9. The molecule has 1 heterocycles. The lowest BCUT2D eigenvalue weighted by Gasteiger charge is -2.28. The molecule has 2 nitrogen and oxygen atoms in total. The van der Waals surface area contributed by atoms with E-state index in [1.54, 1.807) is 0 Å². The summed E-state index contributed by atoms with van der Waals surface area (Å²) in [6.07, 6.45) is 0. The van der Waals surface area contributed by atoms with E-state index < -0.39 is 0 Å². The molecule has 0 aliphatic carbocycles. The molecule has 234 valence electrons. The van der Waals surface area contributed by atoms with Gasteiger partial charge in [0.1, 0.15) is 10.0 Å². The highest BCUT2D eigenvalue weighted by molar-refractivity contribution is 7.20. The molecule has 0 spiro atoms. The molecule has 0 N–H and O–H groups in total. The molecule has 0 atom stereocenters. The zero-order valence-electron chi connectivity index (χ0n) is 27.5. The van der Waals surface area contributed by atoms with Crippen molar-refractivity contribution >= 4 is 87.2 Å². The fourth-order valence-corrected chi connectivity index (χ4v) is 8.70. The van der Waals surface area contributed by atoms with Crippen LogP contribution in [0.15, 0.2) is 170 Å². The average molecular weight is 647 g/mol. The van der Waals surface area contributed by atoms with E-state index in [0.717, 1.165) is 11.4 Å². The molecule has 0 bridgehead atoms. The Morgan fingerprint density at radius 2 is 0.673 bits per heavy atom. The topological polar surface area (TPSA) is 6.48 Å². The maximum absolute atomic E-state index is 2.48. The third kappa shape index (κ3) is 4.85. The number of hydrogen-bond acceptors (Lipinski definition) is 3. The lowest BCUT2D eigenvalue weighted by Crippen LogP contribution is -2.10. The van der Waals surface area contributed by atoms with Crippen LogP contribution in [0.3, 0.4) is 0 Å². The zero-order valence-corrected chi connectivity index (χ0v) is 28.3. The molecule has 0 saturated heterocycles. The number of hydrogen-bond donors (Lipinski definition) is 0. The molecule has 9 rings (SSSR count). The molecule has 0 aliphatic rings. The first-order valence-electron chi connectivity index (χ1n) is 16.8. The Balaban J connectivity index is 1.33. The van der Waals surface area contributed by atoms with E-state index >= 15 is 0 Å². The second-order valence-electron chi connectivity index (χ2n) is 12.6. The highest BCUT2D eigenvalue weighted by atomic mass is 32.1. The van der Waals surface area contributed by atoms with Gasteiger partial charge in [0.05, 0.1) is 11.4 Å². The minimum Gasteiger partial charge on any atom is -0.301 e. The second kappa shape index (κ2) is 12.0. The fourth-order valence-electron chi connectivity index (χ4n) is 7.32. The Kier molecular flexibility index (Phi) is 7.14. The quantitative estimate of drug-likeness (QED) is 0.166. The van der Waals surface area contributed by atoms with Crippen molar-refractivity contribution in [3.63, 3.8) is 0 Å². The molecule has 0 saturated carbocycles. The lowest BCUT2D eigenvalue weighted by atomic mass is 9.99. The largest absolute Gasteiger partial charge is 0.301 e. The molecule has 8 aromatic carbocycles. The van der Waals surface area contributed by atoms with Gasteiger partial charge >= 0.3 is 0 Å². The first-order chi connectivity index (χ1) is 24.2. The van der Waals surface area contributed by atoms with Crippen molar-refractivity contribution in [2.24, 2.45) is 0 Å². The standard InChI is InChI=1S/C46H34N2S/c1-31-32(2)46(48(36-21-7-4-8-22-36)44-30-34-18-10-12-24-38(34)40-26-14-16-28-42(40)44)49-45(31)47(35-19-5-3-6-20-35)43-29-33-17-9-11-23-37(33)39-25-13-15-27-41(39)43/h3-30H,1-2H3. The number of nitrogens with zero attached hydrogens (tertiary/aromatic N) is 2. The molecule has 0 aliphatic heterocycles. The normalized spacial score (nSPS) is 11.5. The lowest BCUT2D eigenvalue weighted by molar-refractivity contribution is 1.26. The van der Waals surface area contributed by atoms with Crippen LogP contribution in [0.2, 0.25) is 0 Å². The van der Waals surface area contributed by atoms with Crippen LogP contribution in [0.4, 0.5) is 32.8 Å². The van der Waals surface area contributed by atoms with E-state index in [2.05, 4.69) is 194 Å². The second-order valence-corrected chi connectivity index (χ2v) is 13.6. The van der Waals surface area contributed by atoms with Crippen molar-refractivity contribution < 1.29 is 0 Å². The van der Waals surface area contributed by atoms with E-state index in [1.165, 1.54) is 75.6 Å². The Morgan fingerprint density at radius 3 is 1.08 bits per heavy atom. The molecular weight excluding hydrogens is 613 g/mol. The van der Waals surface area contributed by atoms with Gasteiger partial charge in [0.25, 0.3) is 0 Å². The first-order valence-corrected chi connectivity index (χ1v) is 17.6. The number of thiophene rings is 1. The molecule has 3 heteroatoms. The molecule has 0 unspecified atom stereocenters.